The van der Waals surface area contributed by atoms with Gasteiger partial charge < -0.3 is 10.6 Å². The van der Waals surface area contributed by atoms with E-state index in [9.17, 15) is 4.79 Å². The molecule has 104 valence electrons. The Labute approximate surface area is 124 Å². The summed E-state index contributed by atoms with van der Waals surface area (Å²) in [5.74, 6) is -0.0635. The normalized spacial score (nSPS) is 10.1. The third kappa shape index (κ3) is 4.28. The highest BCUT2D eigenvalue weighted by Gasteiger charge is 2.04. The Morgan fingerprint density at radius 1 is 1.15 bits per heavy atom. The van der Waals surface area contributed by atoms with Crippen LogP contribution in [0.5, 0.6) is 0 Å². The van der Waals surface area contributed by atoms with Gasteiger partial charge in [-0.25, -0.2) is 0 Å². The molecule has 0 fully saturated rings. The van der Waals surface area contributed by atoms with E-state index in [-0.39, 0.29) is 12.5 Å². The number of carbonyl (C=O) groups is 1. The maximum absolute atomic E-state index is 11.8. The van der Waals surface area contributed by atoms with Crippen LogP contribution in [0.2, 0.25) is 5.02 Å². The highest BCUT2D eigenvalue weighted by atomic mass is 35.5. The lowest BCUT2D eigenvalue weighted by Crippen LogP contribution is -2.29. The van der Waals surface area contributed by atoms with Crippen molar-refractivity contribution in [2.75, 3.05) is 11.9 Å². The molecule has 1 amide bonds. The predicted octanol–water partition coefficient (Wildman–Crippen LogP) is 3.38. The monoisotopic (exact) mass is 288 g/mol. The van der Waals surface area contributed by atoms with Crippen molar-refractivity contribution in [3.05, 3.63) is 64.7 Å². The molecule has 20 heavy (non-hydrogen) atoms. The lowest BCUT2D eigenvalue weighted by Gasteiger charge is -2.10. The summed E-state index contributed by atoms with van der Waals surface area (Å²) in [5.41, 5.74) is 2.96. The molecule has 0 aliphatic heterocycles. The molecule has 2 aromatic rings. The first-order chi connectivity index (χ1) is 9.65. The second kappa shape index (κ2) is 6.96. The van der Waals surface area contributed by atoms with E-state index in [1.165, 1.54) is 0 Å². The molecule has 0 radical (unpaired) electrons. The number of amides is 1. The minimum absolute atomic E-state index is 0.0635. The molecule has 0 heterocycles. The first-order valence-corrected chi connectivity index (χ1v) is 6.83. The van der Waals surface area contributed by atoms with Gasteiger partial charge in [0.15, 0.2) is 0 Å². The molecule has 2 rings (SSSR count). The van der Waals surface area contributed by atoms with Crippen molar-refractivity contribution in [1.29, 1.82) is 0 Å². The number of hydrogen-bond acceptors (Lipinski definition) is 2. The number of benzene rings is 2. The molecule has 0 aliphatic carbocycles. The second-order valence-corrected chi connectivity index (χ2v) is 5.01. The summed E-state index contributed by atoms with van der Waals surface area (Å²) in [4.78, 5) is 11.8. The number of halogens is 1. The maximum Gasteiger partial charge on any atom is 0.239 e. The summed E-state index contributed by atoms with van der Waals surface area (Å²) >= 11 is 6.06. The minimum Gasteiger partial charge on any atom is -0.375 e. The standard InChI is InChI=1S/C16H17ClN2O/c1-12-7-8-14(17)15(9-12)18-11-16(20)19-10-13-5-3-2-4-6-13/h2-9,18H,10-11H2,1H3,(H,19,20). The van der Waals surface area contributed by atoms with Gasteiger partial charge in [-0.2, -0.15) is 0 Å². The summed E-state index contributed by atoms with van der Waals surface area (Å²) in [7, 11) is 0. The van der Waals surface area contributed by atoms with Gasteiger partial charge in [0.2, 0.25) is 5.91 Å². The van der Waals surface area contributed by atoms with Crippen molar-refractivity contribution < 1.29 is 4.79 Å². The molecule has 0 aliphatic rings. The summed E-state index contributed by atoms with van der Waals surface area (Å²) in [6.45, 7) is 2.72. The van der Waals surface area contributed by atoms with Crippen LogP contribution in [0.4, 0.5) is 5.69 Å². The molecule has 0 saturated carbocycles. The molecule has 0 bridgehead atoms. The SMILES string of the molecule is Cc1ccc(Cl)c(NCC(=O)NCc2ccccc2)c1. The minimum atomic E-state index is -0.0635. The van der Waals surface area contributed by atoms with Gasteiger partial charge in [0, 0.05) is 6.54 Å². The maximum atomic E-state index is 11.8. The second-order valence-electron chi connectivity index (χ2n) is 4.60. The summed E-state index contributed by atoms with van der Waals surface area (Å²) in [5, 5.41) is 6.52. The number of anilines is 1. The van der Waals surface area contributed by atoms with Gasteiger partial charge in [0.25, 0.3) is 0 Å². The molecule has 0 atom stereocenters. The Kier molecular flexibility index (Phi) is 5.02. The Morgan fingerprint density at radius 2 is 1.90 bits per heavy atom. The van der Waals surface area contributed by atoms with Gasteiger partial charge in [0.1, 0.15) is 0 Å². The van der Waals surface area contributed by atoms with Crippen LogP contribution < -0.4 is 10.6 Å². The van der Waals surface area contributed by atoms with Gasteiger partial charge in [-0.15, -0.1) is 0 Å². The van der Waals surface area contributed by atoms with Crippen LogP contribution in [0.25, 0.3) is 0 Å². The van der Waals surface area contributed by atoms with E-state index in [1.807, 2.05) is 55.5 Å². The first-order valence-electron chi connectivity index (χ1n) is 6.46. The predicted molar refractivity (Wildman–Crippen MR) is 83.0 cm³/mol. The van der Waals surface area contributed by atoms with Crippen molar-refractivity contribution in [2.45, 2.75) is 13.5 Å². The molecule has 0 unspecified atom stereocenters. The molecule has 0 saturated heterocycles. The lowest BCUT2D eigenvalue weighted by atomic mass is 10.2. The Bertz CT molecular complexity index is 584. The van der Waals surface area contributed by atoms with E-state index in [0.717, 1.165) is 16.8 Å². The van der Waals surface area contributed by atoms with E-state index in [2.05, 4.69) is 10.6 Å². The van der Waals surface area contributed by atoms with Crippen LogP contribution in [0, 0.1) is 6.92 Å². The summed E-state index contributed by atoms with van der Waals surface area (Å²) in [6, 6.07) is 15.5. The summed E-state index contributed by atoms with van der Waals surface area (Å²) in [6.07, 6.45) is 0. The zero-order chi connectivity index (χ0) is 14.4. The van der Waals surface area contributed by atoms with Gasteiger partial charge in [-0.05, 0) is 30.2 Å². The lowest BCUT2D eigenvalue weighted by molar-refractivity contribution is -0.119. The molecular weight excluding hydrogens is 272 g/mol. The topological polar surface area (TPSA) is 41.1 Å². The van der Waals surface area contributed by atoms with Crippen LogP contribution in [0.3, 0.4) is 0 Å². The van der Waals surface area contributed by atoms with Crippen molar-refractivity contribution in [3.63, 3.8) is 0 Å². The summed E-state index contributed by atoms with van der Waals surface area (Å²) < 4.78 is 0. The zero-order valence-electron chi connectivity index (χ0n) is 11.3. The van der Waals surface area contributed by atoms with Crippen LogP contribution in [-0.2, 0) is 11.3 Å². The van der Waals surface area contributed by atoms with E-state index in [4.69, 9.17) is 11.6 Å². The largest absolute Gasteiger partial charge is 0.375 e. The van der Waals surface area contributed by atoms with Crippen LogP contribution in [0.1, 0.15) is 11.1 Å². The van der Waals surface area contributed by atoms with E-state index < -0.39 is 0 Å². The van der Waals surface area contributed by atoms with Gasteiger partial charge >= 0.3 is 0 Å². The third-order valence-electron chi connectivity index (χ3n) is 2.89. The van der Waals surface area contributed by atoms with Crippen molar-refractivity contribution >= 4 is 23.2 Å². The average molecular weight is 289 g/mol. The molecule has 2 N–H and O–H groups in total. The fourth-order valence-corrected chi connectivity index (χ4v) is 1.99. The Hall–Kier alpha value is -2.00. The highest BCUT2D eigenvalue weighted by Crippen LogP contribution is 2.22. The third-order valence-corrected chi connectivity index (χ3v) is 3.22. The zero-order valence-corrected chi connectivity index (χ0v) is 12.1. The van der Waals surface area contributed by atoms with Gasteiger partial charge in [-0.1, -0.05) is 48.0 Å². The number of nitrogens with one attached hydrogen (secondary N) is 2. The fraction of sp³-hybridized carbons (Fsp3) is 0.188. The van der Waals surface area contributed by atoms with Crippen molar-refractivity contribution in [2.24, 2.45) is 0 Å². The van der Waals surface area contributed by atoms with Gasteiger partial charge in [0.05, 0.1) is 17.3 Å². The smallest absolute Gasteiger partial charge is 0.239 e. The Morgan fingerprint density at radius 3 is 2.65 bits per heavy atom. The quantitative estimate of drug-likeness (QED) is 0.885. The molecule has 3 nitrogen and oxygen atoms in total. The first kappa shape index (κ1) is 14.4. The van der Waals surface area contributed by atoms with Crippen molar-refractivity contribution in [3.8, 4) is 0 Å². The fourth-order valence-electron chi connectivity index (χ4n) is 1.81. The van der Waals surface area contributed by atoms with E-state index in [0.29, 0.717) is 11.6 Å². The van der Waals surface area contributed by atoms with E-state index in [1.54, 1.807) is 0 Å². The van der Waals surface area contributed by atoms with Crippen LogP contribution in [-0.4, -0.2) is 12.5 Å². The van der Waals surface area contributed by atoms with Crippen molar-refractivity contribution in [1.82, 2.24) is 5.32 Å². The molecular formula is C16H17ClN2O. The molecule has 4 heteroatoms. The number of aryl methyl sites for hydroxylation is 1. The van der Waals surface area contributed by atoms with Crippen LogP contribution in [0.15, 0.2) is 48.5 Å². The number of carbonyl (C=O) groups excluding carboxylic acids is 1. The molecule has 0 spiro atoms. The highest BCUT2D eigenvalue weighted by molar-refractivity contribution is 6.33. The van der Waals surface area contributed by atoms with E-state index >= 15 is 0 Å². The number of hydrogen-bond donors (Lipinski definition) is 2. The number of rotatable bonds is 5. The molecule has 2 aromatic carbocycles. The molecule has 0 aromatic heterocycles. The van der Waals surface area contributed by atoms with Crippen LogP contribution >= 0.6 is 11.6 Å². The average Bonchev–Trinajstić information content (AvgIpc) is 2.47. The Balaban J connectivity index is 1.82. The van der Waals surface area contributed by atoms with Gasteiger partial charge in [-0.3, -0.25) is 4.79 Å².